The van der Waals surface area contributed by atoms with Gasteiger partial charge in [0.2, 0.25) is 5.91 Å². The smallest absolute Gasteiger partial charge is 0.250 e. The van der Waals surface area contributed by atoms with Crippen LogP contribution in [0.4, 0.5) is 5.13 Å². The van der Waals surface area contributed by atoms with Crippen LogP contribution in [-0.2, 0) is 4.79 Å². The Morgan fingerprint density at radius 3 is 2.57 bits per heavy atom. The van der Waals surface area contributed by atoms with E-state index in [1.165, 1.54) is 28.5 Å². The maximum Gasteiger partial charge on any atom is 0.250 e. The van der Waals surface area contributed by atoms with E-state index in [0.717, 1.165) is 21.3 Å². The highest BCUT2D eigenvalue weighted by atomic mass is 32.1. The van der Waals surface area contributed by atoms with E-state index in [-0.39, 0.29) is 11.0 Å². The van der Waals surface area contributed by atoms with Crippen LogP contribution in [-0.4, -0.2) is 16.0 Å². The number of hydrogen-bond acceptors (Lipinski definition) is 4. The van der Waals surface area contributed by atoms with E-state index in [9.17, 15) is 4.79 Å². The van der Waals surface area contributed by atoms with Crippen molar-refractivity contribution in [1.82, 2.24) is 10.3 Å². The lowest BCUT2D eigenvalue weighted by atomic mass is 10.0. The van der Waals surface area contributed by atoms with Gasteiger partial charge >= 0.3 is 0 Å². The predicted octanol–water partition coefficient (Wildman–Crippen LogP) is 5.56. The summed E-state index contributed by atoms with van der Waals surface area (Å²) in [5, 5.41) is 6.56. The van der Waals surface area contributed by atoms with Gasteiger partial charge in [-0.15, -0.1) is 0 Å². The number of nitrogens with zero attached hydrogens (tertiary/aromatic N) is 1. The van der Waals surface area contributed by atoms with Gasteiger partial charge in [-0.25, -0.2) is 4.98 Å². The number of thiazole rings is 1. The van der Waals surface area contributed by atoms with Crippen molar-refractivity contribution in [2.45, 2.75) is 33.6 Å². The first kappa shape index (κ1) is 20.2. The Morgan fingerprint density at radius 2 is 1.89 bits per heavy atom. The molecule has 3 rings (SSSR count). The van der Waals surface area contributed by atoms with Crippen molar-refractivity contribution in [3.8, 4) is 0 Å². The van der Waals surface area contributed by atoms with Crippen LogP contribution < -0.4 is 10.6 Å². The largest absolute Gasteiger partial charge is 0.308 e. The Morgan fingerprint density at radius 1 is 1.18 bits per heavy atom. The number of fused-ring (bicyclic) bond motifs is 1. The number of amides is 1. The number of thiocarbonyl (C=S) groups is 1. The van der Waals surface area contributed by atoms with Gasteiger partial charge in [0.25, 0.3) is 0 Å². The first-order valence-electron chi connectivity index (χ1n) is 9.09. The molecule has 0 radical (unpaired) electrons. The normalized spacial score (nSPS) is 11.3. The van der Waals surface area contributed by atoms with Crippen molar-refractivity contribution in [3.63, 3.8) is 0 Å². The number of hydrogen-bond donors (Lipinski definition) is 2. The molecular formula is C22H23N3OS2. The highest BCUT2D eigenvalue weighted by molar-refractivity contribution is 7.80. The first-order chi connectivity index (χ1) is 13.3. The zero-order valence-corrected chi connectivity index (χ0v) is 18.0. The van der Waals surface area contributed by atoms with Gasteiger partial charge < -0.3 is 5.32 Å². The van der Waals surface area contributed by atoms with Crippen LogP contribution in [0, 0.1) is 13.8 Å². The number of aromatic nitrogens is 1. The summed E-state index contributed by atoms with van der Waals surface area (Å²) in [5.74, 6) is 0.207. The molecule has 0 saturated heterocycles. The van der Waals surface area contributed by atoms with Crippen molar-refractivity contribution in [2.75, 3.05) is 5.32 Å². The van der Waals surface area contributed by atoms with E-state index in [1.807, 2.05) is 19.1 Å². The monoisotopic (exact) mass is 409 g/mol. The molecule has 0 bridgehead atoms. The van der Waals surface area contributed by atoms with Crippen LogP contribution in [0.25, 0.3) is 16.3 Å². The number of nitrogens with one attached hydrogen (secondary N) is 2. The Bertz CT molecular complexity index is 1050. The third-order valence-electron chi connectivity index (χ3n) is 4.32. The number of benzene rings is 2. The molecule has 0 spiro atoms. The molecular weight excluding hydrogens is 386 g/mol. The average molecular weight is 410 g/mol. The summed E-state index contributed by atoms with van der Waals surface area (Å²) < 4.78 is 1.10. The van der Waals surface area contributed by atoms with Gasteiger partial charge in [-0.3, -0.25) is 10.1 Å². The van der Waals surface area contributed by atoms with Crippen LogP contribution in [0.1, 0.15) is 42.0 Å². The highest BCUT2D eigenvalue weighted by Gasteiger charge is 2.09. The van der Waals surface area contributed by atoms with E-state index in [1.54, 1.807) is 6.08 Å². The molecule has 1 amide bonds. The van der Waals surface area contributed by atoms with Crippen LogP contribution in [0.15, 0.2) is 42.5 Å². The summed E-state index contributed by atoms with van der Waals surface area (Å²) in [6.45, 7) is 8.41. The quantitative estimate of drug-likeness (QED) is 0.437. The fraction of sp³-hybridized carbons (Fsp3) is 0.227. The molecule has 0 aliphatic rings. The molecule has 144 valence electrons. The SMILES string of the molecule is Cc1cc(C)c2nc(NC(=S)NC(=O)/C=C/c3ccc(C(C)C)cc3)sc2c1. The lowest BCUT2D eigenvalue weighted by molar-refractivity contribution is -0.115. The van der Waals surface area contributed by atoms with E-state index in [0.29, 0.717) is 11.0 Å². The minimum absolute atomic E-state index is 0.234. The van der Waals surface area contributed by atoms with Crippen LogP contribution in [0.2, 0.25) is 0 Å². The van der Waals surface area contributed by atoms with Crippen molar-refractivity contribution in [3.05, 3.63) is 64.7 Å². The second kappa shape index (κ2) is 8.63. The number of aryl methyl sites for hydroxylation is 2. The summed E-state index contributed by atoms with van der Waals surface area (Å²) in [5.41, 5.74) is 5.52. The van der Waals surface area contributed by atoms with E-state index in [4.69, 9.17) is 12.2 Å². The Kier molecular flexibility index (Phi) is 6.21. The van der Waals surface area contributed by atoms with Gasteiger partial charge in [-0.05, 0) is 66.4 Å². The molecule has 1 heterocycles. The summed E-state index contributed by atoms with van der Waals surface area (Å²) >= 11 is 6.76. The van der Waals surface area contributed by atoms with E-state index in [2.05, 4.69) is 60.7 Å². The first-order valence-corrected chi connectivity index (χ1v) is 10.3. The average Bonchev–Trinajstić information content (AvgIpc) is 3.02. The maximum absolute atomic E-state index is 12.1. The molecule has 2 N–H and O–H groups in total. The topological polar surface area (TPSA) is 54.0 Å². The molecule has 2 aromatic carbocycles. The van der Waals surface area contributed by atoms with E-state index < -0.39 is 0 Å². The third-order valence-corrected chi connectivity index (χ3v) is 5.44. The van der Waals surface area contributed by atoms with Crippen LogP contribution in [0.5, 0.6) is 0 Å². The lowest BCUT2D eigenvalue weighted by Crippen LogP contribution is -2.32. The van der Waals surface area contributed by atoms with Crippen molar-refractivity contribution >= 4 is 56.0 Å². The zero-order chi connectivity index (χ0) is 20.3. The number of carbonyl (C=O) groups is 1. The summed E-state index contributed by atoms with van der Waals surface area (Å²) in [6.07, 6.45) is 3.25. The van der Waals surface area contributed by atoms with E-state index >= 15 is 0 Å². The minimum atomic E-state index is -0.279. The lowest BCUT2D eigenvalue weighted by Gasteiger charge is -2.05. The van der Waals surface area contributed by atoms with Gasteiger partial charge in [0.15, 0.2) is 10.2 Å². The molecule has 0 saturated carbocycles. The molecule has 28 heavy (non-hydrogen) atoms. The molecule has 3 aromatic rings. The minimum Gasteiger partial charge on any atom is -0.308 e. The number of anilines is 1. The Hall–Kier alpha value is -2.57. The van der Waals surface area contributed by atoms with Gasteiger partial charge in [0, 0.05) is 6.08 Å². The molecule has 0 atom stereocenters. The highest BCUT2D eigenvalue weighted by Crippen LogP contribution is 2.29. The summed E-state index contributed by atoms with van der Waals surface area (Å²) in [4.78, 5) is 16.7. The maximum atomic E-state index is 12.1. The number of rotatable bonds is 4. The fourth-order valence-electron chi connectivity index (χ4n) is 2.87. The van der Waals surface area contributed by atoms with Crippen molar-refractivity contribution < 1.29 is 4.79 Å². The zero-order valence-electron chi connectivity index (χ0n) is 16.4. The Labute approximate surface area is 174 Å². The number of carbonyl (C=O) groups excluding carboxylic acids is 1. The van der Waals surface area contributed by atoms with Gasteiger partial charge in [-0.1, -0.05) is 55.5 Å². The molecule has 0 unspecified atom stereocenters. The molecule has 1 aromatic heterocycles. The van der Waals surface area contributed by atoms with Gasteiger partial charge in [-0.2, -0.15) is 0 Å². The summed E-state index contributed by atoms with van der Waals surface area (Å²) in [7, 11) is 0. The molecule has 0 aliphatic carbocycles. The fourth-order valence-corrected chi connectivity index (χ4v) is 4.18. The molecule has 4 nitrogen and oxygen atoms in total. The Balaban J connectivity index is 1.60. The van der Waals surface area contributed by atoms with Crippen LogP contribution >= 0.6 is 23.6 Å². The molecule has 0 fully saturated rings. The second-order valence-electron chi connectivity index (χ2n) is 7.05. The summed E-state index contributed by atoms with van der Waals surface area (Å²) in [6, 6.07) is 12.4. The van der Waals surface area contributed by atoms with Crippen molar-refractivity contribution in [2.24, 2.45) is 0 Å². The van der Waals surface area contributed by atoms with Gasteiger partial charge in [0.1, 0.15) is 0 Å². The molecule has 0 aliphatic heterocycles. The standard InChI is InChI=1S/C22H23N3OS2/c1-13(2)17-8-5-16(6-9-17)7-10-19(26)23-21(27)25-22-24-20-15(4)11-14(3)12-18(20)28-22/h5-13H,1-4H3,(H2,23,24,25,26,27)/b10-7+. The second-order valence-corrected chi connectivity index (χ2v) is 8.48. The molecule has 6 heteroatoms. The van der Waals surface area contributed by atoms with Crippen molar-refractivity contribution in [1.29, 1.82) is 0 Å². The third kappa shape index (κ3) is 5.03. The van der Waals surface area contributed by atoms with Gasteiger partial charge in [0.05, 0.1) is 10.2 Å². The predicted molar refractivity (Wildman–Crippen MR) is 123 cm³/mol. The van der Waals surface area contributed by atoms with Crippen LogP contribution in [0.3, 0.4) is 0 Å².